The summed E-state index contributed by atoms with van der Waals surface area (Å²) in [4.78, 5) is 5.12. The highest BCUT2D eigenvalue weighted by atomic mass is 15.3. The first-order valence-corrected chi connectivity index (χ1v) is 6.89. The van der Waals surface area contributed by atoms with Gasteiger partial charge in [0, 0.05) is 38.3 Å². The lowest BCUT2D eigenvalue weighted by molar-refractivity contribution is 0.0567. The van der Waals surface area contributed by atoms with Crippen molar-refractivity contribution in [2.24, 2.45) is 11.7 Å². The van der Waals surface area contributed by atoms with E-state index in [0.717, 1.165) is 25.0 Å². The summed E-state index contributed by atoms with van der Waals surface area (Å²) in [5.74, 6) is 0.975. The van der Waals surface area contributed by atoms with Crippen LogP contribution in [0.4, 0.5) is 0 Å². The molecule has 3 unspecified atom stereocenters. The van der Waals surface area contributed by atoms with E-state index in [2.05, 4.69) is 23.8 Å². The van der Waals surface area contributed by atoms with Crippen LogP contribution in [0.15, 0.2) is 0 Å². The van der Waals surface area contributed by atoms with Crippen LogP contribution in [0.2, 0.25) is 0 Å². The molecule has 0 bridgehead atoms. The van der Waals surface area contributed by atoms with E-state index < -0.39 is 0 Å². The van der Waals surface area contributed by atoms with Crippen LogP contribution in [-0.4, -0.2) is 55.1 Å². The molecular weight excluding hydrogens is 198 g/mol. The summed E-state index contributed by atoms with van der Waals surface area (Å²) in [5.41, 5.74) is 5.92. The van der Waals surface area contributed by atoms with Gasteiger partial charge >= 0.3 is 0 Å². The summed E-state index contributed by atoms with van der Waals surface area (Å²) < 4.78 is 0. The fourth-order valence-corrected chi connectivity index (χ4v) is 3.44. The average molecular weight is 225 g/mol. The molecular formula is C13H27N3. The highest BCUT2D eigenvalue weighted by molar-refractivity contribution is 4.90. The molecule has 1 aliphatic carbocycles. The smallest absolute Gasteiger partial charge is 0.0349 e. The molecule has 0 aromatic heterocycles. The molecule has 2 rings (SSSR count). The van der Waals surface area contributed by atoms with Crippen LogP contribution in [0.5, 0.6) is 0 Å². The zero-order chi connectivity index (χ0) is 11.5. The standard InChI is InChI=1S/C13H27N3/c1-3-11-4-5-12(8-11)16-7-6-15(2)10-13(16)9-14/h11-13H,3-10,14H2,1-2H3. The first kappa shape index (κ1) is 12.3. The molecule has 3 nitrogen and oxygen atoms in total. The zero-order valence-corrected chi connectivity index (χ0v) is 10.9. The summed E-state index contributed by atoms with van der Waals surface area (Å²) in [7, 11) is 2.21. The molecule has 0 aromatic carbocycles. The number of hydrogen-bond donors (Lipinski definition) is 1. The van der Waals surface area contributed by atoms with E-state index in [-0.39, 0.29) is 0 Å². The molecule has 1 saturated carbocycles. The number of piperazine rings is 1. The number of likely N-dealkylation sites (N-methyl/N-ethyl adjacent to an activating group) is 1. The van der Waals surface area contributed by atoms with Crippen LogP contribution < -0.4 is 5.73 Å². The van der Waals surface area contributed by atoms with Crippen molar-refractivity contribution in [1.29, 1.82) is 0 Å². The molecule has 2 N–H and O–H groups in total. The van der Waals surface area contributed by atoms with Crippen molar-refractivity contribution in [2.45, 2.75) is 44.7 Å². The van der Waals surface area contributed by atoms with Crippen molar-refractivity contribution in [3.05, 3.63) is 0 Å². The highest BCUT2D eigenvalue weighted by Crippen LogP contribution is 2.32. The SMILES string of the molecule is CCC1CCC(N2CCN(C)CC2CN)C1. The first-order chi connectivity index (χ1) is 7.74. The van der Waals surface area contributed by atoms with Gasteiger partial charge in [0.25, 0.3) is 0 Å². The zero-order valence-electron chi connectivity index (χ0n) is 10.9. The second kappa shape index (κ2) is 5.48. The predicted molar refractivity (Wildman–Crippen MR) is 68.5 cm³/mol. The van der Waals surface area contributed by atoms with Crippen LogP contribution in [0, 0.1) is 5.92 Å². The third kappa shape index (κ3) is 2.58. The van der Waals surface area contributed by atoms with Gasteiger partial charge in [0.15, 0.2) is 0 Å². The summed E-state index contributed by atoms with van der Waals surface area (Å²) in [5, 5.41) is 0. The van der Waals surface area contributed by atoms with E-state index in [0.29, 0.717) is 6.04 Å². The van der Waals surface area contributed by atoms with Crippen molar-refractivity contribution < 1.29 is 0 Å². The Morgan fingerprint density at radius 3 is 2.69 bits per heavy atom. The van der Waals surface area contributed by atoms with E-state index in [4.69, 9.17) is 5.73 Å². The Bertz CT molecular complexity index is 219. The summed E-state index contributed by atoms with van der Waals surface area (Å²) in [6.45, 7) is 6.74. The van der Waals surface area contributed by atoms with Crippen LogP contribution in [0.25, 0.3) is 0 Å². The van der Waals surface area contributed by atoms with Gasteiger partial charge in [0.2, 0.25) is 0 Å². The monoisotopic (exact) mass is 225 g/mol. The lowest BCUT2D eigenvalue weighted by Gasteiger charge is -2.43. The fourth-order valence-electron chi connectivity index (χ4n) is 3.44. The topological polar surface area (TPSA) is 32.5 Å². The van der Waals surface area contributed by atoms with Crippen molar-refractivity contribution in [2.75, 3.05) is 33.2 Å². The van der Waals surface area contributed by atoms with Gasteiger partial charge in [-0.1, -0.05) is 13.3 Å². The van der Waals surface area contributed by atoms with Crippen LogP contribution >= 0.6 is 0 Å². The summed E-state index contributed by atoms with van der Waals surface area (Å²) in [6.07, 6.45) is 5.61. The molecule has 0 aromatic rings. The second-order valence-electron chi connectivity index (χ2n) is 5.63. The molecule has 94 valence electrons. The number of nitrogens with two attached hydrogens (primary N) is 1. The summed E-state index contributed by atoms with van der Waals surface area (Å²) in [6, 6.07) is 1.42. The Kier molecular flexibility index (Phi) is 4.22. The minimum atomic E-state index is 0.597. The van der Waals surface area contributed by atoms with E-state index in [1.807, 2.05) is 0 Å². The third-order valence-electron chi connectivity index (χ3n) is 4.56. The Balaban J connectivity index is 1.92. The number of rotatable bonds is 3. The Hall–Kier alpha value is -0.120. The quantitative estimate of drug-likeness (QED) is 0.782. The molecule has 0 amide bonds. The third-order valence-corrected chi connectivity index (χ3v) is 4.56. The van der Waals surface area contributed by atoms with Gasteiger partial charge < -0.3 is 10.6 Å². The maximum absolute atomic E-state index is 5.92. The van der Waals surface area contributed by atoms with E-state index in [9.17, 15) is 0 Å². The molecule has 0 radical (unpaired) electrons. The molecule has 1 aliphatic heterocycles. The molecule has 2 fully saturated rings. The summed E-state index contributed by atoms with van der Waals surface area (Å²) >= 11 is 0. The molecule has 1 heterocycles. The molecule has 1 saturated heterocycles. The van der Waals surface area contributed by atoms with Gasteiger partial charge in [-0.2, -0.15) is 0 Å². The van der Waals surface area contributed by atoms with Crippen molar-refractivity contribution in [3.63, 3.8) is 0 Å². The molecule has 16 heavy (non-hydrogen) atoms. The minimum Gasteiger partial charge on any atom is -0.329 e. The Morgan fingerprint density at radius 2 is 2.06 bits per heavy atom. The number of nitrogens with zero attached hydrogens (tertiary/aromatic N) is 2. The van der Waals surface area contributed by atoms with Gasteiger partial charge in [0.1, 0.15) is 0 Å². The van der Waals surface area contributed by atoms with Gasteiger partial charge in [-0.25, -0.2) is 0 Å². The molecule has 3 heteroatoms. The first-order valence-electron chi connectivity index (χ1n) is 6.89. The molecule has 3 atom stereocenters. The normalized spacial score (nSPS) is 38.1. The average Bonchev–Trinajstić information content (AvgIpc) is 2.77. The maximum Gasteiger partial charge on any atom is 0.0349 e. The van der Waals surface area contributed by atoms with E-state index in [1.165, 1.54) is 38.8 Å². The van der Waals surface area contributed by atoms with Gasteiger partial charge in [0.05, 0.1) is 0 Å². The fraction of sp³-hybridized carbons (Fsp3) is 1.00. The van der Waals surface area contributed by atoms with Crippen molar-refractivity contribution in [3.8, 4) is 0 Å². The predicted octanol–water partition coefficient (Wildman–Crippen LogP) is 1.14. The van der Waals surface area contributed by atoms with Gasteiger partial charge in [-0.3, -0.25) is 4.90 Å². The van der Waals surface area contributed by atoms with E-state index >= 15 is 0 Å². The molecule has 2 aliphatic rings. The Labute approximate surface area is 100.0 Å². The van der Waals surface area contributed by atoms with Crippen LogP contribution in [0.3, 0.4) is 0 Å². The Morgan fingerprint density at radius 1 is 1.25 bits per heavy atom. The van der Waals surface area contributed by atoms with E-state index in [1.54, 1.807) is 0 Å². The number of hydrogen-bond acceptors (Lipinski definition) is 3. The van der Waals surface area contributed by atoms with Crippen LogP contribution in [-0.2, 0) is 0 Å². The lowest BCUT2D eigenvalue weighted by atomic mass is 10.0. The lowest BCUT2D eigenvalue weighted by Crippen LogP contribution is -2.57. The largest absolute Gasteiger partial charge is 0.329 e. The van der Waals surface area contributed by atoms with Crippen molar-refractivity contribution in [1.82, 2.24) is 9.80 Å². The minimum absolute atomic E-state index is 0.597. The van der Waals surface area contributed by atoms with Crippen molar-refractivity contribution >= 4 is 0 Å². The maximum atomic E-state index is 5.92. The highest BCUT2D eigenvalue weighted by Gasteiger charge is 2.34. The molecule has 0 spiro atoms. The van der Waals surface area contributed by atoms with Crippen LogP contribution in [0.1, 0.15) is 32.6 Å². The van der Waals surface area contributed by atoms with Gasteiger partial charge in [-0.15, -0.1) is 0 Å². The van der Waals surface area contributed by atoms with Gasteiger partial charge in [-0.05, 0) is 32.2 Å². The second-order valence-corrected chi connectivity index (χ2v) is 5.63.